The minimum absolute atomic E-state index is 0.187. The number of anilines is 3. The Hall–Kier alpha value is -4.64. The first-order valence-electron chi connectivity index (χ1n) is 12.5. The number of benzene rings is 4. The van der Waals surface area contributed by atoms with Crippen LogP contribution in [0.2, 0.25) is 0 Å². The monoisotopic (exact) mass is 503 g/mol. The maximum absolute atomic E-state index is 13.0. The molecule has 190 valence electrons. The molecule has 4 aromatic carbocycles. The van der Waals surface area contributed by atoms with Gasteiger partial charge in [-0.3, -0.25) is 4.79 Å². The first kappa shape index (κ1) is 25.0. The molecule has 1 aliphatic rings. The second kappa shape index (κ2) is 10.0. The number of para-hydroxylation sites is 2. The van der Waals surface area contributed by atoms with Crippen LogP contribution >= 0.6 is 0 Å². The van der Waals surface area contributed by atoms with Crippen molar-refractivity contribution in [3.05, 3.63) is 120 Å². The third kappa shape index (κ3) is 4.59. The van der Waals surface area contributed by atoms with Crippen LogP contribution in [-0.2, 0) is 19.1 Å². The molecule has 0 atom stereocenters. The van der Waals surface area contributed by atoms with Crippen molar-refractivity contribution >= 4 is 45.7 Å². The number of methoxy groups -OCH3 is 1. The van der Waals surface area contributed by atoms with Crippen LogP contribution in [-0.4, -0.2) is 19.4 Å². The number of ether oxygens (including phenoxy) is 2. The lowest BCUT2D eigenvalue weighted by molar-refractivity contribution is -0.131. The van der Waals surface area contributed by atoms with E-state index in [0.29, 0.717) is 16.7 Å². The van der Waals surface area contributed by atoms with Crippen molar-refractivity contribution in [1.29, 1.82) is 0 Å². The summed E-state index contributed by atoms with van der Waals surface area (Å²) < 4.78 is 11.2. The molecule has 0 amide bonds. The maximum Gasteiger partial charge on any atom is 0.348 e. The number of rotatable bonds is 6. The molecule has 0 saturated carbocycles. The van der Waals surface area contributed by atoms with Gasteiger partial charge < -0.3 is 14.4 Å². The van der Waals surface area contributed by atoms with Crippen molar-refractivity contribution in [2.45, 2.75) is 20.8 Å². The summed E-state index contributed by atoms with van der Waals surface area (Å²) in [6, 6.07) is 32.5. The van der Waals surface area contributed by atoms with Gasteiger partial charge in [-0.1, -0.05) is 75.4 Å². The van der Waals surface area contributed by atoms with E-state index in [1.54, 1.807) is 0 Å². The number of allylic oxidation sites excluding steroid dienone is 1. The lowest BCUT2D eigenvalue weighted by Gasteiger charge is -2.25. The molecule has 0 aromatic heterocycles. The molecule has 0 aliphatic carbocycles. The molecule has 1 aliphatic heterocycles. The van der Waals surface area contributed by atoms with Crippen molar-refractivity contribution in [1.82, 2.24) is 0 Å². The van der Waals surface area contributed by atoms with Crippen LogP contribution in [0.1, 0.15) is 26.3 Å². The van der Waals surface area contributed by atoms with Crippen molar-refractivity contribution in [2.75, 3.05) is 12.0 Å². The van der Waals surface area contributed by atoms with Crippen LogP contribution < -0.4 is 4.90 Å². The van der Waals surface area contributed by atoms with Crippen LogP contribution in [0.15, 0.2) is 114 Å². The fraction of sp³-hybridized carbons (Fsp3) is 0.152. The van der Waals surface area contributed by atoms with E-state index in [4.69, 9.17) is 9.47 Å². The zero-order chi connectivity index (χ0) is 26.9. The van der Waals surface area contributed by atoms with Crippen LogP contribution in [0.4, 0.5) is 17.1 Å². The molecule has 0 unspecified atom stereocenters. The normalized spacial score (nSPS) is 14.9. The first-order chi connectivity index (χ1) is 18.3. The fourth-order valence-corrected chi connectivity index (χ4v) is 4.72. The van der Waals surface area contributed by atoms with Crippen LogP contribution in [0.25, 0.3) is 16.3 Å². The molecular formula is C33H29NO4. The number of hydrogen-bond donors (Lipinski definition) is 0. The second-order valence-corrected chi connectivity index (χ2v) is 10.2. The Balaban J connectivity index is 1.61. The lowest BCUT2D eigenvalue weighted by atomic mass is 9.86. The van der Waals surface area contributed by atoms with Crippen LogP contribution in [0.5, 0.6) is 0 Å². The summed E-state index contributed by atoms with van der Waals surface area (Å²) in [5.41, 5.74) is 3.98. The Morgan fingerprint density at radius 2 is 1.37 bits per heavy atom. The van der Waals surface area contributed by atoms with E-state index in [1.807, 2.05) is 81.4 Å². The zero-order valence-electron chi connectivity index (χ0n) is 21.9. The van der Waals surface area contributed by atoms with Gasteiger partial charge in [0.05, 0.1) is 7.11 Å². The summed E-state index contributed by atoms with van der Waals surface area (Å²) in [4.78, 5) is 27.1. The van der Waals surface area contributed by atoms with Gasteiger partial charge in [0.15, 0.2) is 11.5 Å². The summed E-state index contributed by atoms with van der Waals surface area (Å²) in [5.74, 6) is -0.0649. The van der Waals surface area contributed by atoms with E-state index in [0.717, 1.165) is 34.1 Å². The van der Waals surface area contributed by atoms with Gasteiger partial charge >= 0.3 is 5.97 Å². The van der Waals surface area contributed by atoms with E-state index >= 15 is 0 Å². The molecule has 0 fully saturated rings. The Bertz CT molecular complexity index is 1540. The summed E-state index contributed by atoms with van der Waals surface area (Å²) in [5, 5.41) is 1.99. The summed E-state index contributed by atoms with van der Waals surface area (Å²) in [6.45, 7) is 5.68. The van der Waals surface area contributed by atoms with Crippen LogP contribution in [0, 0.1) is 5.41 Å². The topological polar surface area (TPSA) is 55.8 Å². The van der Waals surface area contributed by atoms with Crippen molar-refractivity contribution < 1.29 is 19.1 Å². The predicted molar refractivity (Wildman–Crippen MR) is 151 cm³/mol. The number of esters is 1. The first-order valence-corrected chi connectivity index (χ1v) is 12.5. The van der Waals surface area contributed by atoms with Gasteiger partial charge in [-0.15, -0.1) is 0 Å². The smallest absolute Gasteiger partial charge is 0.348 e. The molecule has 0 bridgehead atoms. The van der Waals surface area contributed by atoms with Crippen molar-refractivity contribution in [3.8, 4) is 0 Å². The predicted octanol–water partition coefficient (Wildman–Crippen LogP) is 7.72. The Morgan fingerprint density at radius 1 is 0.789 bits per heavy atom. The van der Waals surface area contributed by atoms with Crippen LogP contribution in [0.3, 0.4) is 0 Å². The molecule has 0 N–H and O–H groups in total. The van der Waals surface area contributed by atoms with Gasteiger partial charge in [0, 0.05) is 22.6 Å². The van der Waals surface area contributed by atoms with Crippen molar-refractivity contribution in [2.24, 2.45) is 5.41 Å². The number of cyclic esters (lactones) is 1. The molecule has 0 radical (unpaired) electrons. The third-order valence-electron chi connectivity index (χ3n) is 6.61. The van der Waals surface area contributed by atoms with Gasteiger partial charge in [0.2, 0.25) is 0 Å². The van der Waals surface area contributed by atoms with E-state index in [9.17, 15) is 9.59 Å². The summed E-state index contributed by atoms with van der Waals surface area (Å²) in [7, 11) is 1.48. The number of carbonyl (C=O) groups excluding carboxylic acids is 2. The quantitative estimate of drug-likeness (QED) is 0.153. The Labute approximate surface area is 222 Å². The molecule has 0 saturated heterocycles. The van der Waals surface area contributed by atoms with E-state index in [2.05, 4.69) is 41.3 Å². The highest BCUT2D eigenvalue weighted by molar-refractivity contribution is 6.21. The van der Waals surface area contributed by atoms with Gasteiger partial charge in [-0.2, -0.15) is 0 Å². The number of hydrogen-bond acceptors (Lipinski definition) is 5. The fourth-order valence-electron chi connectivity index (χ4n) is 4.72. The largest absolute Gasteiger partial charge is 0.492 e. The Kier molecular flexibility index (Phi) is 6.60. The number of carbonyl (C=O) groups is 2. The maximum atomic E-state index is 13.0. The summed E-state index contributed by atoms with van der Waals surface area (Å²) >= 11 is 0. The minimum atomic E-state index is -0.532. The number of aldehydes is 1. The highest BCUT2D eigenvalue weighted by atomic mass is 16.6. The van der Waals surface area contributed by atoms with E-state index in [1.165, 1.54) is 7.11 Å². The molecule has 38 heavy (non-hydrogen) atoms. The van der Waals surface area contributed by atoms with Gasteiger partial charge in [-0.05, 0) is 64.2 Å². The van der Waals surface area contributed by atoms with E-state index in [-0.39, 0.29) is 11.5 Å². The molecule has 5 heteroatoms. The lowest BCUT2D eigenvalue weighted by Crippen LogP contribution is -2.15. The van der Waals surface area contributed by atoms with Gasteiger partial charge in [-0.25, -0.2) is 4.79 Å². The highest BCUT2D eigenvalue weighted by Crippen LogP contribution is 2.41. The Morgan fingerprint density at radius 3 is 1.92 bits per heavy atom. The van der Waals surface area contributed by atoms with E-state index < -0.39 is 11.4 Å². The minimum Gasteiger partial charge on any atom is -0.492 e. The molecular weight excluding hydrogens is 474 g/mol. The van der Waals surface area contributed by atoms with Gasteiger partial charge in [0.1, 0.15) is 11.9 Å². The number of fused-ring (bicyclic) bond motifs is 1. The standard InChI is InChI=1S/C33H29NO4/c1-33(2,3)28(21-35)30-31(37-4)29(32(36)38-30)24-16-15-23-20-27(18-17-22(23)19-24)34(25-11-7-5-8-12-25)26-13-9-6-10-14-26/h5-21H,1-4H3/b30-28-. The summed E-state index contributed by atoms with van der Waals surface area (Å²) in [6.07, 6.45) is 0.734. The molecule has 5 rings (SSSR count). The third-order valence-corrected chi connectivity index (χ3v) is 6.61. The molecule has 4 aromatic rings. The molecule has 1 heterocycles. The average molecular weight is 504 g/mol. The SMILES string of the molecule is COC1=C(c2ccc3cc(N(c4ccccc4)c4ccccc4)ccc3c2)C(=O)O/C1=C(/C=O)C(C)(C)C. The number of nitrogens with zero attached hydrogens (tertiary/aromatic N) is 1. The average Bonchev–Trinajstić information content (AvgIpc) is 3.24. The molecule has 5 nitrogen and oxygen atoms in total. The zero-order valence-corrected chi connectivity index (χ0v) is 21.9. The van der Waals surface area contributed by atoms with Gasteiger partial charge in [0.25, 0.3) is 0 Å². The highest BCUT2D eigenvalue weighted by Gasteiger charge is 2.37. The van der Waals surface area contributed by atoms with Crippen molar-refractivity contribution in [3.63, 3.8) is 0 Å². The second-order valence-electron chi connectivity index (χ2n) is 10.2. The molecule has 0 spiro atoms.